The van der Waals surface area contributed by atoms with E-state index in [4.69, 9.17) is 22.1 Å². The highest BCUT2D eigenvalue weighted by Gasteiger charge is 2.44. The molecule has 4 rings (SSSR count). The van der Waals surface area contributed by atoms with Crippen molar-refractivity contribution < 1.29 is 23.4 Å². The maximum Gasteiger partial charge on any atom is 0.240 e. The number of benzene rings is 1. The van der Waals surface area contributed by atoms with Crippen LogP contribution in [0.15, 0.2) is 41.8 Å². The maximum absolute atomic E-state index is 12.4. The lowest BCUT2D eigenvalue weighted by Gasteiger charge is -2.16. The number of ether oxygens (including phenoxy) is 1. The number of nitrogens with zero attached hydrogens (tertiary/aromatic N) is 4. The molecule has 13 heteroatoms. The molecule has 0 saturated carbocycles. The summed E-state index contributed by atoms with van der Waals surface area (Å²) in [6.45, 7) is -0.260. The Morgan fingerprint density at radius 1 is 1.17 bits per heavy atom. The van der Waals surface area contributed by atoms with Crippen LogP contribution in [0.25, 0.3) is 11.2 Å². The van der Waals surface area contributed by atoms with Crippen molar-refractivity contribution in [3.63, 3.8) is 0 Å². The van der Waals surface area contributed by atoms with E-state index >= 15 is 0 Å². The first-order valence-corrected chi connectivity index (χ1v) is 10.3. The SMILES string of the molecule is Nc1ncnc2c1ncn2[C@@H]1O[C@H](CNS(=O)(=O)c2ccc(Cl)cc2)[C@@H](O)[C@H]1O. The van der Waals surface area contributed by atoms with Crippen LogP contribution in [0.5, 0.6) is 0 Å². The van der Waals surface area contributed by atoms with Gasteiger partial charge in [0, 0.05) is 11.6 Å². The number of hydrogen-bond acceptors (Lipinski definition) is 9. The summed E-state index contributed by atoms with van der Waals surface area (Å²) in [6.07, 6.45) is -2.12. The topological polar surface area (TPSA) is 165 Å². The molecule has 1 fully saturated rings. The Balaban J connectivity index is 1.51. The van der Waals surface area contributed by atoms with Crippen LogP contribution in [-0.4, -0.2) is 63.0 Å². The number of fused-ring (bicyclic) bond motifs is 1. The highest BCUT2D eigenvalue weighted by molar-refractivity contribution is 7.89. The summed E-state index contributed by atoms with van der Waals surface area (Å²) >= 11 is 5.77. The van der Waals surface area contributed by atoms with E-state index in [1.807, 2.05) is 0 Å². The Labute approximate surface area is 170 Å². The molecule has 0 amide bonds. The molecule has 3 aromatic rings. The zero-order valence-electron chi connectivity index (χ0n) is 14.8. The molecule has 1 aromatic carbocycles. The van der Waals surface area contributed by atoms with Gasteiger partial charge in [-0.25, -0.2) is 28.1 Å². The molecule has 29 heavy (non-hydrogen) atoms. The second-order valence-electron chi connectivity index (χ2n) is 6.44. The molecule has 0 aliphatic carbocycles. The summed E-state index contributed by atoms with van der Waals surface area (Å²) < 4.78 is 34.3. The van der Waals surface area contributed by atoms with E-state index in [0.29, 0.717) is 16.2 Å². The van der Waals surface area contributed by atoms with Crippen molar-refractivity contribution in [2.75, 3.05) is 12.3 Å². The number of hydrogen-bond donors (Lipinski definition) is 4. The molecular formula is C16H17ClN6O5S. The van der Waals surface area contributed by atoms with Gasteiger partial charge in [0.2, 0.25) is 10.0 Å². The Hall–Kier alpha value is -2.35. The average molecular weight is 441 g/mol. The van der Waals surface area contributed by atoms with Gasteiger partial charge in [-0.3, -0.25) is 4.57 Å². The van der Waals surface area contributed by atoms with Crippen molar-refractivity contribution in [1.29, 1.82) is 0 Å². The molecule has 154 valence electrons. The molecule has 1 aliphatic heterocycles. The number of halogens is 1. The van der Waals surface area contributed by atoms with Crippen molar-refractivity contribution in [2.45, 2.75) is 29.4 Å². The Morgan fingerprint density at radius 3 is 2.62 bits per heavy atom. The van der Waals surface area contributed by atoms with Crippen LogP contribution in [0.2, 0.25) is 5.02 Å². The van der Waals surface area contributed by atoms with E-state index in [9.17, 15) is 18.6 Å². The summed E-state index contributed by atoms with van der Waals surface area (Å²) in [5.74, 6) is 0.161. The van der Waals surface area contributed by atoms with E-state index in [-0.39, 0.29) is 17.3 Å². The first-order valence-electron chi connectivity index (χ1n) is 8.48. The summed E-state index contributed by atoms with van der Waals surface area (Å²) in [6, 6.07) is 5.62. The average Bonchev–Trinajstić information content (AvgIpc) is 3.24. The summed E-state index contributed by atoms with van der Waals surface area (Å²) in [4.78, 5) is 12.0. The van der Waals surface area contributed by atoms with Gasteiger partial charge in [-0.05, 0) is 24.3 Å². The third-order valence-corrected chi connectivity index (χ3v) is 6.29. The second kappa shape index (κ2) is 7.48. The fraction of sp³-hybridized carbons (Fsp3) is 0.312. The van der Waals surface area contributed by atoms with Crippen LogP contribution in [0.3, 0.4) is 0 Å². The maximum atomic E-state index is 12.4. The molecule has 0 spiro atoms. The first kappa shape index (κ1) is 19.9. The van der Waals surface area contributed by atoms with Crippen molar-refractivity contribution in [1.82, 2.24) is 24.2 Å². The lowest BCUT2D eigenvalue weighted by molar-refractivity contribution is -0.0330. The second-order valence-corrected chi connectivity index (χ2v) is 8.64. The molecule has 2 aromatic heterocycles. The molecule has 0 bridgehead atoms. The fourth-order valence-corrected chi connectivity index (χ4v) is 4.24. The molecule has 0 unspecified atom stereocenters. The van der Waals surface area contributed by atoms with Gasteiger partial charge in [-0.15, -0.1) is 0 Å². The van der Waals surface area contributed by atoms with E-state index in [2.05, 4.69) is 19.7 Å². The van der Waals surface area contributed by atoms with Crippen LogP contribution in [0.1, 0.15) is 6.23 Å². The predicted octanol–water partition coefficient (Wildman–Crippen LogP) is -0.340. The monoisotopic (exact) mass is 440 g/mol. The van der Waals surface area contributed by atoms with Gasteiger partial charge in [0.1, 0.15) is 30.2 Å². The van der Waals surface area contributed by atoms with E-state index < -0.39 is 34.6 Å². The highest BCUT2D eigenvalue weighted by Crippen LogP contribution is 2.31. The van der Waals surface area contributed by atoms with Crippen LogP contribution in [-0.2, 0) is 14.8 Å². The number of rotatable bonds is 5. The molecule has 0 radical (unpaired) electrons. The van der Waals surface area contributed by atoms with E-state index in [0.717, 1.165) is 0 Å². The third-order valence-electron chi connectivity index (χ3n) is 4.60. The Morgan fingerprint density at radius 2 is 1.90 bits per heavy atom. The number of aromatic nitrogens is 4. The van der Waals surface area contributed by atoms with E-state index in [1.165, 1.54) is 41.5 Å². The van der Waals surface area contributed by atoms with Crippen molar-refractivity contribution in [2.24, 2.45) is 0 Å². The normalized spacial score (nSPS) is 24.9. The molecule has 5 N–H and O–H groups in total. The molecule has 3 heterocycles. The van der Waals surface area contributed by atoms with Gasteiger partial charge in [-0.2, -0.15) is 0 Å². The number of imidazole rings is 1. The lowest BCUT2D eigenvalue weighted by atomic mass is 10.1. The number of anilines is 1. The molecule has 11 nitrogen and oxygen atoms in total. The van der Waals surface area contributed by atoms with Crippen LogP contribution in [0.4, 0.5) is 5.82 Å². The lowest BCUT2D eigenvalue weighted by Crippen LogP contribution is -2.39. The molecule has 1 aliphatic rings. The number of aliphatic hydroxyl groups is 2. The van der Waals surface area contributed by atoms with Crippen molar-refractivity contribution in [3.05, 3.63) is 41.9 Å². The Bertz CT molecular complexity index is 1140. The molecule has 4 atom stereocenters. The molecule has 1 saturated heterocycles. The summed E-state index contributed by atoms with van der Waals surface area (Å²) in [5.41, 5.74) is 6.39. The summed E-state index contributed by atoms with van der Waals surface area (Å²) in [5, 5.41) is 21.2. The molecular weight excluding hydrogens is 424 g/mol. The predicted molar refractivity (Wildman–Crippen MR) is 102 cm³/mol. The minimum atomic E-state index is -3.85. The minimum absolute atomic E-state index is 0.0132. The third kappa shape index (κ3) is 3.66. The van der Waals surface area contributed by atoms with Gasteiger partial charge < -0.3 is 20.7 Å². The smallest absolute Gasteiger partial charge is 0.240 e. The quantitative estimate of drug-likeness (QED) is 0.415. The number of nitrogen functional groups attached to an aromatic ring is 1. The highest BCUT2D eigenvalue weighted by atomic mass is 35.5. The van der Waals surface area contributed by atoms with Gasteiger partial charge in [0.05, 0.1) is 11.2 Å². The van der Waals surface area contributed by atoms with Crippen LogP contribution in [0, 0.1) is 0 Å². The van der Waals surface area contributed by atoms with Gasteiger partial charge in [0.25, 0.3) is 0 Å². The van der Waals surface area contributed by atoms with Gasteiger partial charge in [0.15, 0.2) is 17.7 Å². The van der Waals surface area contributed by atoms with E-state index in [1.54, 1.807) is 0 Å². The van der Waals surface area contributed by atoms with Gasteiger partial charge in [-0.1, -0.05) is 11.6 Å². The standard InChI is InChI=1S/C16H17ClN6O5S/c17-8-1-3-9(4-2-8)29(26,27)22-5-10-12(24)13(25)16(28-10)23-7-21-11-14(18)19-6-20-15(11)23/h1-4,6-7,10,12-13,16,22,24-25H,5H2,(H2,18,19,20)/t10-,12-,13-,16-/m1/s1. The zero-order chi connectivity index (χ0) is 20.8. The van der Waals surface area contributed by atoms with Gasteiger partial charge >= 0.3 is 0 Å². The largest absolute Gasteiger partial charge is 0.387 e. The van der Waals surface area contributed by atoms with Crippen molar-refractivity contribution in [3.8, 4) is 0 Å². The van der Waals surface area contributed by atoms with Crippen LogP contribution >= 0.6 is 11.6 Å². The number of nitrogens with two attached hydrogens (primary N) is 1. The van der Waals surface area contributed by atoms with Crippen LogP contribution < -0.4 is 10.5 Å². The Kier molecular flexibility index (Phi) is 5.14. The fourth-order valence-electron chi connectivity index (χ4n) is 3.07. The number of nitrogens with one attached hydrogen (secondary N) is 1. The first-order chi connectivity index (χ1) is 13.8. The minimum Gasteiger partial charge on any atom is -0.387 e. The zero-order valence-corrected chi connectivity index (χ0v) is 16.3. The summed E-state index contributed by atoms with van der Waals surface area (Å²) in [7, 11) is -3.85. The number of sulfonamides is 1. The van der Waals surface area contributed by atoms with Crippen molar-refractivity contribution >= 4 is 38.6 Å². The number of aliphatic hydroxyl groups excluding tert-OH is 2.